The zero-order chi connectivity index (χ0) is 16.9. The van der Waals surface area contributed by atoms with Crippen LogP contribution < -0.4 is 4.72 Å². The molecule has 1 fully saturated rings. The van der Waals surface area contributed by atoms with Crippen molar-refractivity contribution in [2.75, 3.05) is 32.4 Å². The molecule has 124 valence electrons. The summed E-state index contributed by atoms with van der Waals surface area (Å²) in [6.07, 6.45) is 0. The average molecular weight is 336 g/mol. The molecule has 7 nitrogen and oxygen atoms in total. The van der Waals surface area contributed by atoms with Gasteiger partial charge in [0.15, 0.2) is 0 Å². The van der Waals surface area contributed by atoms with Crippen LogP contribution in [0, 0.1) is 11.3 Å². The number of carbonyl (C=O) groups excluding carboxylic acids is 1. The number of nitrogens with one attached hydrogen (secondary N) is 1. The van der Waals surface area contributed by atoms with Crippen LogP contribution in [0.5, 0.6) is 0 Å². The standard InChI is InChI=1S/C15H20N4O3S/c1-17-23(21,22)12-15(20)19-8-7-18(14(9-16)11-19)10-13-5-3-2-4-6-13/h2-6,14,17H,7-8,10-12H2,1H3/t14-/m1/s1. The summed E-state index contributed by atoms with van der Waals surface area (Å²) in [7, 11) is -2.32. The van der Waals surface area contributed by atoms with Gasteiger partial charge in [0, 0.05) is 26.2 Å². The van der Waals surface area contributed by atoms with Crippen LogP contribution in [-0.2, 0) is 21.4 Å². The first-order valence-electron chi connectivity index (χ1n) is 7.32. The van der Waals surface area contributed by atoms with Gasteiger partial charge >= 0.3 is 0 Å². The van der Waals surface area contributed by atoms with E-state index in [0.717, 1.165) is 5.56 Å². The molecule has 1 aliphatic rings. The second-order valence-electron chi connectivity index (χ2n) is 5.40. The minimum atomic E-state index is -3.59. The predicted molar refractivity (Wildman–Crippen MR) is 85.7 cm³/mol. The average Bonchev–Trinajstić information content (AvgIpc) is 2.55. The highest BCUT2D eigenvalue weighted by Gasteiger charge is 2.31. The molecule has 1 amide bonds. The Kier molecular flexibility index (Phi) is 5.71. The van der Waals surface area contributed by atoms with Crippen molar-refractivity contribution in [3.8, 4) is 6.07 Å². The van der Waals surface area contributed by atoms with Crippen LogP contribution >= 0.6 is 0 Å². The Bertz CT molecular complexity index is 684. The first-order valence-corrected chi connectivity index (χ1v) is 8.97. The Balaban J connectivity index is 1.99. The zero-order valence-corrected chi connectivity index (χ0v) is 13.8. The van der Waals surface area contributed by atoms with Gasteiger partial charge in [0.05, 0.1) is 6.07 Å². The molecule has 1 aromatic carbocycles. The Hall–Kier alpha value is -1.95. The van der Waals surface area contributed by atoms with E-state index in [4.69, 9.17) is 0 Å². The topological polar surface area (TPSA) is 93.5 Å². The summed E-state index contributed by atoms with van der Waals surface area (Å²) >= 11 is 0. The van der Waals surface area contributed by atoms with E-state index in [1.165, 1.54) is 11.9 Å². The van der Waals surface area contributed by atoms with Crippen LogP contribution in [0.2, 0.25) is 0 Å². The maximum atomic E-state index is 12.1. The van der Waals surface area contributed by atoms with Gasteiger partial charge in [-0.05, 0) is 12.6 Å². The molecule has 1 heterocycles. The van der Waals surface area contributed by atoms with Gasteiger partial charge in [0.2, 0.25) is 15.9 Å². The molecular formula is C15H20N4O3S. The lowest BCUT2D eigenvalue weighted by Gasteiger charge is -2.38. The van der Waals surface area contributed by atoms with Crippen molar-refractivity contribution >= 4 is 15.9 Å². The maximum absolute atomic E-state index is 12.1. The third kappa shape index (κ3) is 4.76. The number of hydrogen-bond donors (Lipinski definition) is 1. The van der Waals surface area contributed by atoms with Gasteiger partial charge in [0.25, 0.3) is 0 Å². The number of benzene rings is 1. The fourth-order valence-corrected chi connectivity index (χ4v) is 3.15. The first-order chi connectivity index (χ1) is 10.9. The van der Waals surface area contributed by atoms with Crippen molar-refractivity contribution in [3.05, 3.63) is 35.9 Å². The largest absolute Gasteiger partial charge is 0.338 e. The van der Waals surface area contributed by atoms with E-state index in [0.29, 0.717) is 19.6 Å². The second-order valence-corrected chi connectivity index (χ2v) is 7.33. The molecule has 2 rings (SSSR count). The summed E-state index contributed by atoms with van der Waals surface area (Å²) in [6.45, 7) is 1.82. The van der Waals surface area contributed by atoms with Crippen LogP contribution in [0.15, 0.2) is 30.3 Å². The fraction of sp³-hybridized carbons (Fsp3) is 0.467. The molecule has 0 radical (unpaired) electrons. The van der Waals surface area contributed by atoms with Gasteiger partial charge in [-0.1, -0.05) is 30.3 Å². The molecule has 1 N–H and O–H groups in total. The zero-order valence-electron chi connectivity index (χ0n) is 13.0. The van der Waals surface area contributed by atoms with Gasteiger partial charge in [-0.3, -0.25) is 9.69 Å². The summed E-state index contributed by atoms with van der Waals surface area (Å²) in [6, 6.07) is 11.6. The van der Waals surface area contributed by atoms with Crippen LogP contribution in [-0.4, -0.2) is 62.6 Å². The first kappa shape index (κ1) is 17.4. The molecule has 0 aliphatic carbocycles. The number of hydrogen-bond acceptors (Lipinski definition) is 5. The van der Waals surface area contributed by atoms with Crippen LogP contribution in [0.3, 0.4) is 0 Å². The van der Waals surface area contributed by atoms with Crippen molar-refractivity contribution in [2.45, 2.75) is 12.6 Å². The van der Waals surface area contributed by atoms with E-state index in [2.05, 4.69) is 10.8 Å². The lowest BCUT2D eigenvalue weighted by atomic mass is 10.1. The number of piperazine rings is 1. The molecule has 1 saturated heterocycles. The highest BCUT2D eigenvalue weighted by molar-refractivity contribution is 7.90. The lowest BCUT2D eigenvalue weighted by molar-refractivity contribution is -0.130. The number of nitriles is 1. The van der Waals surface area contributed by atoms with E-state index in [-0.39, 0.29) is 6.54 Å². The molecule has 0 bridgehead atoms. The van der Waals surface area contributed by atoms with Gasteiger partial charge < -0.3 is 4.90 Å². The molecule has 1 atom stereocenters. The van der Waals surface area contributed by atoms with E-state index in [1.54, 1.807) is 0 Å². The highest BCUT2D eigenvalue weighted by atomic mass is 32.2. The summed E-state index contributed by atoms with van der Waals surface area (Å²) in [5.74, 6) is -1.06. The Morgan fingerprint density at radius 2 is 2.04 bits per heavy atom. The van der Waals surface area contributed by atoms with E-state index < -0.39 is 27.7 Å². The molecule has 1 aromatic rings. The molecule has 23 heavy (non-hydrogen) atoms. The fourth-order valence-electron chi connectivity index (χ4n) is 2.50. The van der Waals surface area contributed by atoms with Crippen molar-refractivity contribution < 1.29 is 13.2 Å². The minimum absolute atomic E-state index is 0.224. The third-order valence-corrected chi connectivity index (χ3v) is 5.09. The van der Waals surface area contributed by atoms with Crippen molar-refractivity contribution in [3.63, 3.8) is 0 Å². The number of rotatable bonds is 5. The molecule has 0 spiro atoms. The molecule has 0 unspecified atom stereocenters. The highest BCUT2D eigenvalue weighted by Crippen LogP contribution is 2.14. The molecule has 1 aliphatic heterocycles. The third-order valence-electron chi connectivity index (χ3n) is 3.85. The van der Waals surface area contributed by atoms with Crippen LogP contribution in [0.4, 0.5) is 0 Å². The summed E-state index contributed by atoms with van der Waals surface area (Å²) in [4.78, 5) is 15.5. The molecule has 0 aromatic heterocycles. The lowest BCUT2D eigenvalue weighted by Crippen LogP contribution is -2.55. The van der Waals surface area contributed by atoms with Gasteiger partial charge in [-0.25, -0.2) is 13.1 Å². The normalized spacial score (nSPS) is 19.3. The maximum Gasteiger partial charge on any atom is 0.239 e. The number of amides is 1. The van der Waals surface area contributed by atoms with Crippen LogP contribution in [0.25, 0.3) is 0 Å². The van der Waals surface area contributed by atoms with E-state index >= 15 is 0 Å². The van der Waals surface area contributed by atoms with Crippen LogP contribution in [0.1, 0.15) is 5.56 Å². The monoisotopic (exact) mass is 336 g/mol. The number of carbonyl (C=O) groups is 1. The van der Waals surface area contributed by atoms with E-state index in [1.807, 2.05) is 35.2 Å². The van der Waals surface area contributed by atoms with Gasteiger partial charge in [-0.2, -0.15) is 5.26 Å². The van der Waals surface area contributed by atoms with Gasteiger partial charge in [-0.15, -0.1) is 0 Å². The molecular weight excluding hydrogens is 316 g/mol. The Morgan fingerprint density at radius 3 is 2.65 bits per heavy atom. The SMILES string of the molecule is CNS(=O)(=O)CC(=O)N1CCN(Cc2ccccc2)[C@H](C#N)C1. The van der Waals surface area contributed by atoms with Crippen molar-refractivity contribution in [1.29, 1.82) is 5.26 Å². The van der Waals surface area contributed by atoms with Gasteiger partial charge in [0.1, 0.15) is 11.8 Å². The number of nitrogens with zero attached hydrogens (tertiary/aromatic N) is 3. The second kappa shape index (κ2) is 7.55. The Labute approximate surface area is 136 Å². The summed E-state index contributed by atoms with van der Waals surface area (Å²) in [5, 5.41) is 9.36. The predicted octanol–water partition coefficient (Wildman–Crippen LogP) is -0.228. The van der Waals surface area contributed by atoms with Crippen molar-refractivity contribution in [2.24, 2.45) is 0 Å². The van der Waals surface area contributed by atoms with E-state index in [9.17, 15) is 18.5 Å². The summed E-state index contributed by atoms with van der Waals surface area (Å²) < 4.78 is 25.1. The minimum Gasteiger partial charge on any atom is -0.338 e. The molecule has 8 heteroatoms. The quantitative estimate of drug-likeness (QED) is 0.802. The summed E-state index contributed by atoms with van der Waals surface area (Å²) in [5.41, 5.74) is 1.10. The smallest absolute Gasteiger partial charge is 0.239 e. The van der Waals surface area contributed by atoms with Crippen molar-refractivity contribution in [1.82, 2.24) is 14.5 Å². The number of sulfonamides is 1. The Morgan fingerprint density at radius 1 is 1.35 bits per heavy atom. The molecule has 0 saturated carbocycles.